The molecule has 0 aliphatic heterocycles. The summed E-state index contributed by atoms with van der Waals surface area (Å²) in [6, 6.07) is 9.18. The first kappa shape index (κ1) is 14.2. The minimum absolute atomic E-state index is 0.447. The van der Waals surface area contributed by atoms with Crippen LogP contribution in [0.3, 0.4) is 0 Å². The number of hydrogen-bond acceptors (Lipinski definition) is 2. The van der Waals surface area contributed by atoms with Gasteiger partial charge in [0, 0.05) is 11.3 Å². The van der Waals surface area contributed by atoms with E-state index in [0.29, 0.717) is 22.9 Å². The van der Waals surface area contributed by atoms with Crippen LogP contribution in [-0.2, 0) is 12.8 Å². The van der Waals surface area contributed by atoms with Crippen LogP contribution >= 0.6 is 46.1 Å². The fourth-order valence-electron chi connectivity index (χ4n) is 1.70. The third-order valence-electron chi connectivity index (χ3n) is 2.52. The molecule has 1 nitrogen and oxygen atoms in total. The lowest BCUT2D eigenvalue weighted by Crippen LogP contribution is -2.13. The van der Waals surface area contributed by atoms with E-state index in [1.807, 2.05) is 18.2 Å². The topological polar surface area (TPSA) is 20.2 Å². The number of aliphatic hydroxyl groups excluding tert-OH is 1. The van der Waals surface area contributed by atoms with Crippen LogP contribution in [-0.4, -0.2) is 11.2 Å². The summed E-state index contributed by atoms with van der Waals surface area (Å²) < 4.78 is 0.742. The molecule has 1 aromatic heterocycles. The Labute approximate surface area is 125 Å². The molecule has 5 heteroatoms. The quantitative estimate of drug-likeness (QED) is 0.853. The maximum Gasteiger partial charge on any atom is 0.0931 e. The molecule has 0 radical (unpaired) electrons. The summed E-state index contributed by atoms with van der Waals surface area (Å²) in [4.78, 5) is 1.08. The van der Waals surface area contributed by atoms with Crippen LogP contribution in [0.25, 0.3) is 0 Å². The van der Waals surface area contributed by atoms with Crippen molar-refractivity contribution in [3.05, 3.63) is 55.2 Å². The van der Waals surface area contributed by atoms with E-state index in [1.165, 1.54) is 11.3 Å². The van der Waals surface area contributed by atoms with E-state index < -0.39 is 6.10 Å². The molecule has 18 heavy (non-hydrogen) atoms. The van der Waals surface area contributed by atoms with Gasteiger partial charge in [-0.3, -0.25) is 0 Å². The smallest absolute Gasteiger partial charge is 0.0931 e. The van der Waals surface area contributed by atoms with E-state index in [9.17, 15) is 5.11 Å². The Kier molecular flexibility index (Phi) is 4.93. The molecule has 0 aliphatic rings. The van der Waals surface area contributed by atoms with Crippen molar-refractivity contribution in [2.45, 2.75) is 18.9 Å². The van der Waals surface area contributed by atoms with Gasteiger partial charge in [-0.05, 0) is 36.2 Å². The molecule has 2 rings (SSSR count). The van der Waals surface area contributed by atoms with Crippen molar-refractivity contribution in [3.8, 4) is 0 Å². The summed E-state index contributed by atoms with van der Waals surface area (Å²) in [5.74, 6) is 0. The Morgan fingerprint density at radius 2 is 1.78 bits per heavy atom. The molecule has 0 aliphatic carbocycles. The number of benzene rings is 1. The Hall–Kier alpha value is -0.250. The average Bonchev–Trinajstić information content (AvgIpc) is 2.69. The monoisotopic (exact) mass is 320 g/mol. The second-order valence-corrected chi connectivity index (χ2v) is 6.63. The van der Waals surface area contributed by atoms with Crippen molar-refractivity contribution in [2.24, 2.45) is 0 Å². The molecule has 0 spiro atoms. The third-order valence-corrected chi connectivity index (χ3v) is 4.51. The lowest BCUT2D eigenvalue weighted by Gasteiger charge is -2.10. The average molecular weight is 322 g/mol. The van der Waals surface area contributed by atoms with Crippen LogP contribution in [0.2, 0.25) is 14.4 Å². The molecule has 0 fully saturated rings. The second-order valence-electron chi connectivity index (χ2n) is 4.02. The fraction of sp³-hybridized carbons (Fsp3) is 0.231. The molecule has 1 unspecified atom stereocenters. The molecular formula is C13H11Cl3OS. The summed E-state index contributed by atoms with van der Waals surface area (Å²) in [6.45, 7) is 0. The minimum atomic E-state index is -0.447. The van der Waals surface area contributed by atoms with Crippen molar-refractivity contribution in [3.63, 3.8) is 0 Å². The van der Waals surface area contributed by atoms with Gasteiger partial charge in [-0.1, -0.05) is 40.9 Å². The van der Waals surface area contributed by atoms with Gasteiger partial charge in [-0.2, -0.15) is 0 Å². The zero-order valence-corrected chi connectivity index (χ0v) is 12.5. The van der Waals surface area contributed by atoms with Gasteiger partial charge in [0.1, 0.15) is 0 Å². The predicted molar refractivity (Wildman–Crippen MR) is 79.2 cm³/mol. The number of halogens is 3. The van der Waals surface area contributed by atoms with Gasteiger partial charge in [-0.15, -0.1) is 11.3 Å². The normalized spacial score (nSPS) is 12.7. The first-order chi connectivity index (χ1) is 8.54. The van der Waals surface area contributed by atoms with E-state index in [4.69, 9.17) is 34.8 Å². The summed E-state index contributed by atoms with van der Waals surface area (Å²) in [6.07, 6.45) is 0.696. The summed E-state index contributed by atoms with van der Waals surface area (Å²) in [5.41, 5.74) is 0.972. The number of rotatable bonds is 4. The predicted octanol–water partition coefficient (Wildman–Crippen LogP) is 4.85. The largest absolute Gasteiger partial charge is 0.392 e. The van der Waals surface area contributed by atoms with Gasteiger partial charge in [-0.25, -0.2) is 0 Å². The molecule has 1 aromatic carbocycles. The molecule has 96 valence electrons. The van der Waals surface area contributed by atoms with Crippen LogP contribution in [0, 0.1) is 0 Å². The standard InChI is InChI=1S/C13H11Cl3OS/c14-11-3-1-8(6-12(11)15)5-9(17)7-10-2-4-13(16)18-10/h1-4,6,9,17H,5,7H2. The Morgan fingerprint density at radius 1 is 1.00 bits per heavy atom. The van der Waals surface area contributed by atoms with Gasteiger partial charge in [0.2, 0.25) is 0 Å². The van der Waals surface area contributed by atoms with Gasteiger partial charge < -0.3 is 5.11 Å². The number of aliphatic hydroxyl groups is 1. The van der Waals surface area contributed by atoms with Crippen LogP contribution in [0.15, 0.2) is 30.3 Å². The maximum absolute atomic E-state index is 10.0. The van der Waals surface area contributed by atoms with Crippen molar-refractivity contribution in [2.75, 3.05) is 0 Å². The van der Waals surface area contributed by atoms with E-state index in [-0.39, 0.29) is 0 Å². The van der Waals surface area contributed by atoms with Crippen LogP contribution < -0.4 is 0 Å². The fourth-order valence-corrected chi connectivity index (χ4v) is 3.18. The highest BCUT2D eigenvalue weighted by molar-refractivity contribution is 7.16. The van der Waals surface area contributed by atoms with Crippen LogP contribution in [0.5, 0.6) is 0 Å². The van der Waals surface area contributed by atoms with Crippen molar-refractivity contribution < 1.29 is 5.11 Å². The lowest BCUT2D eigenvalue weighted by molar-refractivity contribution is 0.176. The molecule has 0 saturated carbocycles. The molecule has 0 saturated heterocycles. The highest BCUT2D eigenvalue weighted by atomic mass is 35.5. The Balaban J connectivity index is 1.98. The van der Waals surface area contributed by atoms with E-state index in [0.717, 1.165) is 14.8 Å². The lowest BCUT2D eigenvalue weighted by atomic mass is 10.1. The molecule has 1 N–H and O–H groups in total. The summed E-state index contributed by atoms with van der Waals surface area (Å²) in [5, 5.41) is 11.1. The van der Waals surface area contributed by atoms with Gasteiger partial charge in [0.05, 0.1) is 20.5 Å². The summed E-state index contributed by atoms with van der Waals surface area (Å²) in [7, 11) is 0. The van der Waals surface area contributed by atoms with Crippen LogP contribution in [0.4, 0.5) is 0 Å². The van der Waals surface area contributed by atoms with E-state index >= 15 is 0 Å². The first-order valence-corrected chi connectivity index (χ1v) is 7.36. The molecule has 0 amide bonds. The third kappa shape index (κ3) is 3.87. The Morgan fingerprint density at radius 3 is 2.39 bits per heavy atom. The molecular weight excluding hydrogens is 311 g/mol. The minimum Gasteiger partial charge on any atom is -0.392 e. The second kappa shape index (κ2) is 6.27. The molecule has 1 heterocycles. The first-order valence-electron chi connectivity index (χ1n) is 5.41. The van der Waals surface area contributed by atoms with Crippen molar-refractivity contribution in [1.29, 1.82) is 0 Å². The zero-order chi connectivity index (χ0) is 13.1. The molecule has 1 atom stereocenters. The summed E-state index contributed by atoms with van der Waals surface area (Å²) >= 11 is 19.1. The van der Waals surface area contributed by atoms with Crippen molar-refractivity contribution >= 4 is 46.1 Å². The molecule has 2 aromatic rings. The highest BCUT2D eigenvalue weighted by Gasteiger charge is 2.10. The van der Waals surface area contributed by atoms with E-state index in [1.54, 1.807) is 12.1 Å². The van der Waals surface area contributed by atoms with Crippen LogP contribution in [0.1, 0.15) is 10.4 Å². The SMILES string of the molecule is OC(Cc1ccc(Cl)c(Cl)c1)Cc1ccc(Cl)s1. The molecule has 0 bridgehead atoms. The zero-order valence-electron chi connectivity index (χ0n) is 9.37. The van der Waals surface area contributed by atoms with Crippen molar-refractivity contribution in [1.82, 2.24) is 0 Å². The van der Waals surface area contributed by atoms with Gasteiger partial charge >= 0.3 is 0 Å². The Bertz CT molecular complexity index is 539. The highest BCUT2D eigenvalue weighted by Crippen LogP contribution is 2.25. The van der Waals surface area contributed by atoms with Gasteiger partial charge in [0.25, 0.3) is 0 Å². The van der Waals surface area contributed by atoms with E-state index in [2.05, 4.69) is 0 Å². The maximum atomic E-state index is 10.0. The number of thiophene rings is 1. The number of hydrogen-bond donors (Lipinski definition) is 1. The van der Waals surface area contributed by atoms with Gasteiger partial charge in [0.15, 0.2) is 0 Å².